The number of hydrogen-bond donors (Lipinski definition) is 1. The molecule has 1 fully saturated rings. The van der Waals surface area contributed by atoms with Crippen LogP contribution < -0.4 is 5.32 Å². The van der Waals surface area contributed by atoms with Gasteiger partial charge < -0.3 is 9.84 Å². The predicted molar refractivity (Wildman–Crippen MR) is 87.5 cm³/mol. The summed E-state index contributed by atoms with van der Waals surface area (Å²) in [5.74, 6) is -0.111. The van der Waals surface area contributed by atoms with Crippen LogP contribution in [0.2, 0.25) is 0 Å². The normalized spacial score (nSPS) is 20.0. The highest BCUT2D eigenvalue weighted by atomic mass is 35.5. The minimum absolute atomic E-state index is 0. The van der Waals surface area contributed by atoms with Gasteiger partial charge in [-0.25, -0.2) is 12.7 Å². The Morgan fingerprint density at radius 1 is 1.41 bits per heavy atom. The number of hydrogen-bond acceptors (Lipinski definition) is 5. The van der Waals surface area contributed by atoms with E-state index in [-0.39, 0.29) is 24.2 Å². The van der Waals surface area contributed by atoms with E-state index in [1.807, 2.05) is 25.2 Å². The van der Waals surface area contributed by atoms with E-state index < -0.39 is 10.0 Å². The average molecular weight is 346 g/mol. The molecule has 1 aliphatic heterocycles. The fourth-order valence-corrected chi connectivity index (χ4v) is 4.29. The minimum Gasteiger partial charge on any atom is -0.356 e. The summed E-state index contributed by atoms with van der Waals surface area (Å²) < 4.78 is 31.9. The van der Waals surface area contributed by atoms with Crippen molar-refractivity contribution in [1.29, 1.82) is 0 Å². The summed E-state index contributed by atoms with van der Waals surface area (Å²) in [5, 5.41) is 7.84. The van der Waals surface area contributed by atoms with Gasteiger partial charge in [0, 0.05) is 24.5 Å². The van der Waals surface area contributed by atoms with Gasteiger partial charge in [0.25, 0.3) is 0 Å². The first-order valence-electron chi connectivity index (χ1n) is 7.08. The zero-order valence-corrected chi connectivity index (χ0v) is 14.0. The zero-order valence-electron chi connectivity index (χ0n) is 12.4. The van der Waals surface area contributed by atoms with Crippen LogP contribution in [0.25, 0.3) is 11.0 Å². The van der Waals surface area contributed by atoms with Crippen LogP contribution in [0.5, 0.6) is 0 Å². The van der Waals surface area contributed by atoms with Crippen molar-refractivity contribution in [1.82, 2.24) is 14.8 Å². The number of piperidine rings is 1. The second-order valence-corrected chi connectivity index (χ2v) is 7.34. The predicted octanol–water partition coefficient (Wildman–Crippen LogP) is 1.76. The zero-order chi connectivity index (χ0) is 14.9. The van der Waals surface area contributed by atoms with Crippen molar-refractivity contribution in [2.24, 2.45) is 0 Å². The number of rotatable bonds is 4. The first kappa shape index (κ1) is 17.2. The Labute approximate surface area is 136 Å². The number of aromatic nitrogens is 1. The maximum Gasteiger partial charge on any atom is 0.220 e. The standard InChI is InChI=1S/C14H19N3O3S.ClH/c1-15-11-5-4-8-17(9-11)21(18,19)10-13-12-6-2-3-7-14(12)20-16-13;/h2-3,6-7,11,15H,4-5,8-10H2,1H3;1H. The summed E-state index contributed by atoms with van der Waals surface area (Å²) in [7, 11) is -1.50. The molecule has 0 amide bonds. The van der Waals surface area contributed by atoms with E-state index in [1.54, 1.807) is 10.4 Å². The molecule has 0 saturated carbocycles. The third-order valence-electron chi connectivity index (χ3n) is 3.96. The number of likely N-dealkylation sites (N-methyl/N-ethyl adjacent to an activating group) is 1. The summed E-state index contributed by atoms with van der Waals surface area (Å²) in [6.45, 7) is 1.10. The van der Waals surface area contributed by atoms with Gasteiger partial charge in [0.2, 0.25) is 10.0 Å². The molecular formula is C14H20ClN3O3S. The summed E-state index contributed by atoms with van der Waals surface area (Å²) in [5.41, 5.74) is 1.10. The van der Waals surface area contributed by atoms with Gasteiger partial charge in [-0.1, -0.05) is 17.3 Å². The molecule has 1 unspecified atom stereocenters. The molecule has 1 atom stereocenters. The summed E-state index contributed by atoms with van der Waals surface area (Å²) in [6.07, 6.45) is 1.89. The SMILES string of the molecule is CNC1CCCN(S(=O)(=O)Cc2noc3ccccc23)C1.Cl. The summed E-state index contributed by atoms with van der Waals surface area (Å²) >= 11 is 0. The van der Waals surface area contributed by atoms with Crippen LogP contribution >= 0.6 is 12.4 Å². The van der Waals surface area contributed by atoms with E-state index in [1.165, 1.54) is 0 Å². The molecule has 1 aliphatic rings. The van der Waals surface area contributed by atoms with E-state index in [4.69, 9.17) is 4.52 Å². The average Bonchev–Trinajstić information content (AvgIpc) is 2.90. The second kappa shape index (κ2) is 6.95. The van der Waals surface area contributed by atoms with Crippen molar-refractivity contribution in [3.05, 3.63) is 30.0 Å². The number of sulfonamides is 1. The Morgan fingerprint density at radius 3 is 2.95 bits per heavy atom. The molecular weight excluding hydrogens is 326 g/mol. The van der Waals surface area contributed by atoms with Crippen LogP contribution in [0.1, 0.15) is 18.5 Å². The molecule has 3 rings (SSSR count). The minimum atomic E-state index is -3.37. The molecule has 0 radical (unpaired) electrons. The Bertz CT molecular complexity index is 732. The number of halogens is 1. The molecule has 1 aromatic carbocycles. The van der Waals surface area contributed by atoms with Crippen molar-refractivity contribution >= 4 is 33.4 Å². The van der Waals surface area contributed by atoms with Gasteiger partial charge in [-0.05, 0) is 32.0 Å². The number of benzene rings is 1. The maximum atomic E-state index is 12.6. The fraction of sp³-hybridized carbons (Fsp3) is 0.500. The van der Waals surface area contributed by atoms with Crippen molar-refractivity contribution < 1.29 is 12.9 Å². The molecule has 0 spiro atoms. The molecule has 0 bridgehead atoms. The van der Waals surface area contributed by atoms with Gasteiger partial charge in [0.1, 0.15) is 11.4 Å². The fourth-order valence-electron chi connectivity index (χ4n) is 2.74. The summed E-state index contributed by atoms with van der Waals surface area (Å²) in [4.78, 5) is 0. The van der Waals surface area contributed by atoms with Gasteiger partial charge in [-0.3, -0.25) is 0 Å². The van der Waals surface area contributed by atoms with Crippen LogP contribution in [0, 0.1) is 0 Å². The number of nitrogens with one attached hydrogen (secondary N) is 1. The van der Waals surface area contributed by atoms with Crippen molar-refractivity contribution in [3.63, 3.8) is 0 Å². The summed E-state index contributed by atoms with van der Waals surface area (Å²) in [6, 6.07) is 7.55. The van der Waals surface area contributed by atoms with Gasteiger partial charge >= 0.3 is 0 Å². The first-order chi connectivity index (χ1) is 10.1. The Kier molecular flexibility index (Phi) is 5.44. The lowest BCUT2D eigenvalue weighted by atomic mass is 10.1. The largest absolute Gasteiger partial charge is 0.356 e. The van der Waals surface area contributed by atoms with Gasteiger partial charge in [0.15, 0.2) is 5.58 Å². The third-order valence-corrected chi connectivity index (χ3v) is 5.71. The van der Waals surface area contributed by atoms with Crippen LogP contribution in [-0.2, 0) is 15.8 Å². The number of fused-ring (bicyclic) bond motifs is 1. The van der Waals surface area contributed by atoms with Crippen molar-refractivity contribution in [2.75, 3.05) is 20.1 Å². The van der Waals surface area contributed by atoms with E-state index in [0.717, 1.165) is 18.2 Å². The van der Waals surface area contributed by atoms with Crippen molar-refractivity contribution in [2.45, 2.75) is 24.6 Å². The van der Waals surface area contributed by atoms with Gasteiger partial charge in [0.05, 0.1) is 0 Å². The Balaban J connectivity index is 0.00000176. The highest BCUT2D eigenvalue weighted by Crippen LogP contribution is 2.22. The lowest BCUT2D eigenvalue weighted by Gasteiger charge is -2.31. The molecule has 22 heavy (non-hydrogen) atoms. The van der Waals surface area contributed by atoms with Gasteiger partial charge in [-0.2, -0.15) is 0 Å². The third kappa shape index (κ3) is 3.43. The number of para-hydroxylation sites is 1. The highest BCUT2D eigenvalue weighted by Gasteiger charge is 2.29. The van der Waals surface area contributed by atoms with E-state index in [0.29, 0.717) is 24.4 Å². The first-order valence-corrected chi connectivity index (χ1v) is 8.69. The molecule has 2 aromatic rings. The van der Waals surface area contributed by atoms with E-state index >= 15 is 0 Å². The van der Waals surface area contributed by atoms with Crippen LogP contribution in [0.3, 0.4) is 0 Å². The molecule has 1 saturated heterocycles. The molecule has 1 N–H and O–H groups in total. The lowest BCUT2D eigenvalue weighted by molar-refractivity contribution is 0.292. The smallest absolute Gasteiger partial charge is 0.220 e. The monoisotopic (exact) mass is 345 g/mol. The van der Waals surface area contributed by atoms with E-state index in [2.05, 4.69) is 10.5 Å². The Hall–Kier alpha value is -1.15. The lowest BCUT2D eigenvalue weighted by Crippen LogP contribution is -2.47. The molecule has 8 heteroatoms. The molecule has 2 heterocycles. The number of nitrogens with zero attached hydrogens (tertiary/aromatic N) is 2. The second-order valence-electron chi connectivity index (χ2n) is 5.37. The molecule has 122 valence electrons. The molecule has 1 aromatic heterocycles. The quantitative estimate of drug-likeness (QED) is 0.913. The van der Waals surface area contributed by atoms with Crippen molar-refractivity contribution in [3.8, 4) is 0 Å². The maximum absolute atomic E-state index is 12.6. The van der Waals surface area contributed by atoms with Crippen LogP contribution in [0.15, 0.2) is 28.8 Å². The Morgan fingerprint density at radius 2 is 2.18 bits per heavy atom. The molecule has 0 aliphatic carbocycles. The topological polar surface area (TPSA) is 75.4 Å². The van der Waals surface area contributed by atoms with Crippen LogP contribution in [0.4, 0.5) is 0 Å². The van der Waals surface area contributed by atoms with Crippen LogP contribution in [-0.4, -0.2) is 44.1 Å². The van der Waals surface area contributed by atoms with E-state index in [9.17, 15) is 8.42 Å². The molecule has 6 nitrogen and oxygen atoms in total. The van der Waals surface area contributed by atoms with Gasteiger partial charge in [-0.15, -0.1) is 12.4 Å². The highest BCUT2D eigenvalue weighted by molar-refractivity contribution is 7.88.